The molecule has 1 aliphatic heterocycles. The Labute approximate surface area is 94.5 Å². The van der Waals surface area contributed by atoms with E-state index >= 15 is 0 Å². The molecule has 0 N–H and O–H groups in total. The van der Waals surface area contributed by atoms with Gasteiger partial charge in [0, 0.05) is 12.7 Å². The van der Waals surface area contributed by atoms with Crippen LogP contribution >= 0.6 is 0 Å². The van der Waals surface area contributed by atoms with Gasteiger partial charge in [-0.2, -0.15) is 0 Å². The minimum absolute atomic E-state index is 0.315. The molecule has 1 atom stereocenters. The van der Waals surface area contributed by atoms with Gasteiger partial charge >= 0.3 is 5.97 Å². The van der Waals surface area contributed by atoms with E-state index < -0.39 is 5.54 Å². The van der Waals surface area contributed by atoms with Crippen molar-refractivity contribution in [3.05, 3.63) is 30.3 Å². The number of benzene rings is 1. The molecule has 2 rings (SSSR count). The summed E-state index contributed by atoms with van der Waals surface area (Å²) in [6.45, 7) is 1.76. The van der Waals surface area contributed by atoms with Crippen molar-refractivity contribution in [3.8, 4) is 0 Å². The number of amidine groups is 1. The highest BCUT2D eigenvalue weighted by Gasteiger charge is 2.53. The number of para-hydroxylation sites is 1. The maximum Gasteiger partial charge on any atom is 0.341 e. The first-order chi connectivity index (χ1) is 7.59. The standard InChI is InChI=1S/C12H14N2O2/c1-12(11(15)16-3)10(13-12)14(2)9-7-5-4-6-8-9/h4-8H,1-3H3. The van der Waals surface area contributed by atoms with Crippen LogP contribution in [0.3, 0.4) is 0 Å². The molecule has 0 amide bonds. The van der Waals surface area contributed by atoms with Gasteiger partial charge in [0.1, 0.15) is 5.84 Å². The predicted molar refractivity (Wildman–Crippen MR) is 62.7 cm³/mol. The van der Waals surface area contributed by atoms with E-state index in [0.717, 1.165) is 11.5 Å². The summed E-state index contributed by atoms with van der Waals surface area (Å²) in [6.07, 6.45) is 0. The fourth-order valence-corrected chi connectivity index (χ4v) is 1.69. The van der Waals surface area contributed by atoms with E-state index in [1.54, 1.807) is 6.92 Å². The quantitative estimate of drug-likeness (QED) is 0.706. The van der Waals surface area contributed by atoms with Crippen LogP contribution in [0.4, 0.5) is 5.69 Å². The Morgan fingerprint density at radius 2 is 2.00 bits per heavy atom. The number of hydrogen-bond donors (Lipinski definition) is 0. The van der Waals surface area contributed by atoms with Crippen LogP contribution in [0.25, 0.3) is 0 Å². The molecule has 1 aromatic rings. The highest BCUT2D eigenvalue weighted by atomic mass is 16.5. The highest BCUT2D eigenvalue weighted by molar-refractivity contribution is 6.25. The molecule has 4 nitrogen and oxygen atoms in total. The Morgan fingerprint density at radius 3 is 2.56 bits per heavy atom. The second-order valence-corrected chi connectivity index (χ2v) is 3.89. The van der Waals surface area contributed by atoms with Crippen LogP contribution in [0.5, 0.6) is 0 Å². The van der Waals surface area contributed by atoms with Crippen LogP contribution in [0, 0.1) is 0 Å². The summed E-state index contributed by atoms with van der Waals surface area (Å²) >= 11 is 0. The predicted octanol–water partition coefficient (Wildman–Crippen LogP) is 1.47. The lowest BCUT2D eigenvalue weighted by Gasteiger charge is -2.17. The highest BCUT2D eigenvalue weighted by Crippen LogP contribution is 2.32. The third-order valence-corrected chi connectivity index (χ3v) is 2.76. The molecule has 4 heteroatoms. The molecule has 1 aromatic carbocycles. The smallest absolute Gasteiger partial charge is 0.341 e. The molecule has 16 heavy (non-hydrogen) atoms. The van der Waals surface area contributed by atoms with Crippen LogP contribution in [-0.4, -0.2) is 31.5 Å². The van der Waals surface area contributed by atoms with Crippen LogP contribution in [-0.2, 0) is 9.53 Å². The third-order valence-electron chi connectivity index (χ3n) is 2.76. The molecule has 0 aliphatic carbocycles. The number of anilines is 1. The van der Waals surface area contributed by atoms with Gasteiger partial charge in [-0.15, -0.1) is 0 Å². The maximum absolute atomic E-state index is 11.5. The van der Waals surface area contributed by atoms with Gasteiger partial charge in [0.2, 0.25) is 5.54 Å². The Balaban J connectivity index is 2.13. The van der Waals surface area contributed by atoms with Crippen molar-refractivity contribution in [2.75, 3.05) is 19.1 Å². The number of rotatable bonds is 2. The number of esters is 1. The van der Waals surface area contributed by atoms with Crippen LogP contribution in [0.15, 0.2) is 35.3 Å². The van der Waals surface area contributed by atoms with Crippen molar-refractivity contribution in [1.82, 2.24) is 0 Å². The summed E-state index contributed by atoms with van der Waals surface area (Å²) < 4.78 is 4.71. The first-order valence-electron chi connectivity index (χ1n) is 5.07. The zero-order valence-electron chi connectivity index (χ0n) is 9.60. The third kappa shape index (κ3) is 1.56. The molecule has 84 valence electrons. The number of methoxy groups -OCH3 is 1. The SMILES string of the molecule is COC(=O)C1(C)N=C1N(C)c1ccccc1. The van der Waals surface area contributed by atoms with Crippen LogP contribution < -0.4 is 4.90 Å². The lowest BCUT2D eigenvalue weighted by molar-refractivity contribution is -0.142. The molecule has 0 fully saturated rings. The van der Waals surface area contributed by atoms with E-state index in [0.29, 0.717) is 0 Å². The fourth-order valence-electron chi connectivity index (χ4n) is 1.69. The fraction of sp³-hybridized carbons (Fsp3) is 0.333. The van der Waals surface area contributed by atoms with Crippen LogP contribution in [0.2, 0.25) is 0 Å². The van der Waals surface area contributed by atoms with Crippen molar-refractivity contribution in [1.29, 1.82) is 0 Å². The number of likely N-dealkylation sites (N-methyl/N-ethyl adjacent to an activating group) is 1. The Bertz CT molecular complexity index is 442. The van der Waals surface area contributed by atoms with Gasteiger partial charge in [0.25, 0.3) is 0 Å². The van der Waals surface area contributed by atoms with Crippen LogP contribution in [0.1, 0.15) is 6.92 Å². The number of carbonyl (C=O) groups is 1. The topological polar surface area (TPSA) is 41.9 Å². The number of hydrogen-bond acceptors (Lipinski definition) is 4. The summed E-state index contributed by atoms with van der Waals surface area (Å²) in [7, 11) is 3.27. The molecule has 0 spiro atoms. The number of ether oxygens (including phenoxy) is 1. The van der Waals surface area contributed by atoms with Gasteiger partial charge in [0.05, 0.1) is 7.11 Å². The zero-order chi connectivity index (χ0) is 11.8. The van der Waals surface area contributed by atoms with Gasteiger partial charge < -0.3 is 9.64 Å². The second kappa shape index (κ2) is 3.63. The van der Waals surface area contributed by atoms with Crippen molar-refractivity contribution >= 4 is 17.5 Å². The molecule has 0 saturated heterocycles. The normalized spacial score (nSPS) is 22.3. The molecule has 0 aromatic heterocycles. The van der Waals surface area contributed by atoms with Crippen molar-refractivity contribution in [2.45, 2.75) is 12.5 Å². The lowest BCUT2D eigenvalue weighted by Crippen LogP contribution is -2.36. The average molecular weight is 218 g/mol. The number of aliphatic imine (C=N–C) groups is 1. The van der Waals surface area contributed by atoms with Gasteiger partial charge in [-0.05, 0) is 19.1 Å². The molecular weight excluding hydrogens is 204 g/mol. The summed E-state index contributed by atoms with van der Waals surface area (Å²) in [5.74, 6) is 0.427. The van der Waals surface area contributed by atoms with E-state index in [9.17, 15) is 4.79 Å². The van der Waals surface area contributed by atoms with Crippen molar-refractivity contribution in [3.63, 3.8) is 0 Å². The van der Waals surface area contributed by atoms with E-state index in [1.165, 1.54) is 7.11 Å². The van der Waals surface area contributed by atoms with Gasteiger partial charge in [-0.1, -0.05) is 18.2 Å². The van der Waals surface area contributed by atoms with E-state index in [2.05, 4.69) is 4.99 Å². The summed E-state index contributed by atoms with van der Waals surface area (Å²) in [4.78, 5) is 17.6. The van der Waals surface area contributed by atoms with Crippen molar-refractivity contribution in [2.24, 2.45) is 4.99 Å². The maximum atomic E-state index is 11.5. The summed E-state index contributed by atoms with van der Waals surface area (Å²) in [5, 5.41) is 0. The van der Waals surface area contributed by atoms with E-state index in [1.807, 2.05) is 42.3 Å². The largest absolute Gasteiger partial charge is 0.467 e. The minimum atomic E-state index is -0.792. The van der Waals surface area contributed by atoms with Crippen molar-refractivity contribution < 1.29 is 9.53 Å². The minimum Gasteiger partial charge on any atom is -0.467 e. The molecular formula is C12H14N2O2. The Kier molecular flexibility index (Phi) is 2.42. The Hall–Kier alpha value is -1.84. The number of carbonyl (C=O) groups excluding carboxylic acids is 1. The Morgan fingerprint density at radius 1 is 1.38 bits per heavy atom. The first-order valence-corrected chi connectivity index (χ1v) is 5.07. The van der Waals surface area contributed by atoms with Gasteiger partial charge in [-0.25, -0.2) is 9.79 Å². The number of nitrogens with zero attached hydrogens (tertiary/aromatic N) is 2. The van der Waals surface area contributed by atoms with Gasteiger partial charge in [0.15, 0.2) is 0 Å². The molecule has 1 aliphatic rings. The molecule has 0 bridgehead atoms. The second-order valence-electron chi connectivity index (χ2n) is 3.89. The summed E-state index contributed by atoms with van der Waals surface area (Å²) in [5.41, 5.74) is 0.216. The first kappa shape index (κ1) is 10.7. The molecule has 0 radical (unpaired) electrons. The molecule has 1 unspecified atom stereocenters. The van der Waals surface area contributed by atoms with E-state index in [-0.39, 0.29) is 5.97 Å². The molecule has 1 heterocycles. The lowest BCUT2D eigenvalue weighted by atomic mass is 10.1. The van der Waals surface area contributed by atoms with Gasteiger partial charge in [-0.3, -0.25) is 0 Å². The zero-order valence-corrected chi connectivity index (χ0v) is 9.60. The van der Waals surface area contributed by atoms with E-state index in [4.69, 9.17) is 4.74 Å². The monoisotopic (exact) mass is 218 g/mol. The average Bonchev–Trinajstić information content (AvgIpc) is 3.02. The molecule has 0 saturated carbocycles. The summed E-state index contributed by atoms with van der Waals surface area (Å²) in [6, 6.07) is 9.79.